The third-order valence-electron chi connectivity index (χ3n) is 3.62. The van der Waals surface area contributed by atoms with Gasteiger partial charge in [-0.05, 0) is 61.5 Å². The van der Waals surface area contributed by atoms with Crippen molar-refractivity contribution in [2.45, 2.75) is 6.92 Å². The standard InChI is InChI=1S/C20H16Cl2N2O3/c1-2-26-15-6-3-13(4-7-15)20(25)24-23-12-16-8-10-19(27-16)14-5-9-17(21)18(22)11-14/h3-12H,2H2,1H3,(H,24,25)/b23-12+. The third kappa shape index (κ3) is 4.90. The van der Waals surface area contributed by atoms with E-state index >= 15 is 0 Å². The minimum absolute atomic E-state index is 0.328. The van der Waals surface area contributed by atoms with Gasteiger partial charge in [0.15, 0.2) is 0 Å². The number of benzene rings is 2. The minimum Gasteiger partial charge on any atom is -0.494 e. The Labute approximate surface area is 166 Å². The van der Waals surface area contributed by atoms with E-state index in [4.69, 9.17) is 32.4 Å². The lowest BCUT2D eigenvalue weighted by Crippen LogP contribution is -2.17. The second-order valence-corrected chi connectivity index (χ2v) is 6.30. The van der Waals surface area contributed by atoms with Crippen LogP contribution < -0.4 is 10.2 Å². The van der Waals surface area contributed by atoms with Gasteiger partial charge in [-0.3, -0.25) is 4.79 Å². The summed E-state index contributed by atoms with van der Waals surface area (Å²) in [5.74, 6) is 1.49. The largest absolute Gasteiger partial charge is 0.494 e. The first-order chi connectivity index (χ1) is 13.1. The molecule has 0 aliphatic rings. The first-order valence-corrected chi connectivity index (χ1v) is 8.94. The molecule has 0 aliphatic heterocycles. The van der Waals surface area contributed by atoms with Crippen LogP contribution in [-0.2, 0) is 0 Å². The molecule has 1 heterocycles. The molecule has 0 spiro atoms. The molecular weight excluding hydrogens is 387 g/mol. The molecule has 0 atom stereocenters. The number of halogens is 2. The normalized spacial score (nSPS) is 10.9. The second kappa shape index (κ2) is 8.75. The molecule has 1 aromatic heterocycles. The monoisotopic (exact) mass is 402 g/mol. The van der Waals surface area contributed by atoms with Gasteiger partial charge in [0, 0.05) is 11.1 Å². The third-order valence-corrected chi connectivity index (χ3v) is 4.36. The molecule has 27 heavy (non-hydrogen) atoms. The highest BCUT2D eigenvalue weighted by Gasteiger charge is 2.07. The van der Waals surface area contributed by atoms with Crippen LogP contribution in [0.4, 0.5) is 0 Å². The number of nitrogens with one attached hydrogen (secondary N) is 1. The van der Waals surface area contributed by atoms with E-state index in [1.807, 2.05) is 13.0 Å². The molecule has 0 unspecified atom stereocenters. The summed E-state index contributed by atoms with van der Waals surface area (Å²) in [6.45, 7) is 2.47. The predicted octanol–water partition coefficient (Wildman–Crippen LogP) is 5.42. The van der Waals surface area contributed by atoms with Crippen molar-refractivity contribution in [3.8, 4) is 17.1 Å². The number of hydrogen-bond donors (Lipinski definition) is 1. The topological polar surface area (TPSA) is 63.8 Å². The van der Waals surface area contributed by atoms with E-state index in [0.29, 0.717) is 39.5 Å². The molecule has 0 bridgehead atoms. The van der Waals surface area contributed by atoms with Gasteiger partial charge >= 0.3 is 0 Å². The van der Waals surface area contributed by atoms with E-state index in [0.717, 1.165) is 5.56 Å². The number of carbonyl (C=O) groups is 1. The maximum atomic E-state index is 12.1. The zero-order valence-electron chi connectivity index (χ0n) is 14.4. The summed E-state index contributed by atoms with van der Waals surface area (Å²) in [4.78, 5) is 12.1. The van der Waals surface area contributed by atoms with Gasteiger partial charge in [-0.1, -0.05) is 23.2 Å². The Kier molecular flexibility index (Phi) is 6.16. The van der Waals surface area contributed by atoms with Crippen LogP contribution in [0.2, 0.25) is 10.0 Å². The summed E-state index contributed by atoms with van der Waals surface area (Å²) < 4.78 is 11.0. The van der Waals surface area contributed by atoms with E-state index < -0.39 is 0 Å². The van der Waals surface area contributed by atoms with Gasteiger partial charge in [0.25, 0.3) is 5.91 Å². The van der Waals surface area contributed by atoms with Crippen LogP contribution in [0.3, 0.4) is 0 Å². The lowest BCUT2D eigenvalue weighted by Gasteiger charge is -2.03. The molecule has 138 valence electrons. The number of ether oxygens (including phenoxy) is 1. The van der Waals surface area contributed by atoms with Gasteiger partial charge < -0.3 is 9.15 Å². The van der Waals surface area contributed by atoms with Crippen LogP contribution in [0.5, 0.6) is 5.75 Å². The zero-order valence-corrected chi connectivity index (χ0v) is 15.9. The lowest BCUT2D eigenvalue weighted by molar-refractivity contribution is 0.0955. The van der Waals surface area contributed by atoms with Crippen molar-refractivity contribution in [2.24, 2.45) is 5.10 Å². The molecular formula is C20H16Cl2N2O3. The van der Waals surface area contributed by atoms with Crippen LogP contribution in [0.25, 0.3) is 11.3 Å². The number of nitrogens with zero attached hydrogens (tertiary/aromatic N) is 1. The van der Waals surface area contributed by atoms with Crippen LogP contribution >= 0.6 is 23.2 Å². The molecule has 5 nitrogen and oxygen atoms in total. The molecule has 3 aromatic rings. The highest BCUT2D eigenvalue weighted by Crippen LogP contribution is 2.29. The van der Waals surface area contributed by atoms with Gasteiger partial charge in [-0.15, -0.1) is 0 Å². The fourth-order valence-electron chi connectivity index (χ4n) is 2.32. The van der Waals surface area contributed by atoms with Crippen molar-refractivity contribution < 1.29 is 13.9 Å². The quantitative estimate of drug-likeness (QED) is 0.442. The molecule has 0 radical (unpaired) electrons. The Morgan fingerprint density at radius 1 is 1.11 bits per heavy atom. The molecule has 2 aromatic carbocycles. The molecule has 7 heteroatoms. The number of carbonyl (C=O) groups excluding carboxylic acids is 1. The summed E-state index contributed by atoms with van der Waals surface area (Å²) >= 11 is 11.9. The molecule has 0 aliphatic carbocycles. The minimum atomic E-state index is -0.328. The van der Waals surface area contributed by atoms with Crippen molar-refractivity contribution in [2.75, 3.05) is 6.61 Å². The van der Waals surface area contributed by atoms with E-state index in [1.54, 1.807) is 48.5 Å². The highest BCUT2D eigenvalue weighted by atomic mass is 35.5. The molecule has 3 rings (SSSR count). The second-order valence-electron chi connectivity index (χ2n) is 5.49. The zero-order chi connectivity index (χ0) is 19.2. The van der Waals surface area contributed by atoms with E-state index in [-0.39, 0.29) is 5.91 Å². The van der Waals surface area contributed by atoms with Crippen LogP contribution in [0, 0.1) is 0 Å². The average molecular weight is 403 g/mol. The average Bonchev–Trinajstić information content (AvgIpc) is 3.14. The number of amides is 1. The van der Waals surface area contributed by atoms with Crippen molar-refractivity contribution in [3.05, 3.63) is 76.0 Å². The Bertz CT molecular complexity index is 966. The lowest BCUT2D eigenvalue weighted by atomic mass is 10.2. The summed E-state index contributed by atoms with van der Waals surface area (Å²) in [5.41, 5.74) is 3.73. The molecule has 0 fully saturated rings. The summed E-state index contributed by atoms with van der Waals surface area (Å²) in [6, 6.07) is 15.6. The number of hydrogen-bond acceptors (Lipinski definition) is 4. The number of hydrazone groups is 1. The first-order valence-electron chi connectivity index (χ1n) is 8.18. The fraction of sp³-hybridized carbons (Fsp3) is 0.100. The number of rotatable bonds is 6. The Morgan fingerprint density at radius 3 is 2.59 bits per heavy atom. The molecule has 0 saturated carbocycles. The van der Waals surface area contributed by atoms with Crippen LogP contribution in [0.1, 0.15) is 23.0 Å². The molecule has 1 amide bonds. The maximum absolute atomic E-state index is 12.1. The maximum Gasteiger partial charge on any atom is 0.271 e. The first kappa shape index (κ1) is 19.0. The SMILES string of the molecule is CCOc1ccc(C(=O)N/N=C/c2ccc(-c3ccc(Cl)c(Cl)c3)o2)cc1. The van der Waals surface area contributed by atoms with Gasteiger partial charge in [0.05, 0.1) is 22.9 Å². The van der Waals surface area contributed by atoms with E-state index in [9.17, 15) is 4.79 Å². The molecule has 0 saturated heterocycles. The Morgan fingerprint density at radius 2 is 1.89 bits per heavy atom. The van der Waals surface area contributed by atoms with E-state index in [2.05, 4.69) is 10.5 Å². The van der Waals surface area contributed by atoms with Crippen molar-refractivity contribution in [3.63, 3.8) is 0 Å². The van der Waals surface area contributed by atoms with Gasteiger partial charge in [0.1, 0.15) is 17.3 Å². The highest BCUT2D eigenvalue weighted by molar-refractivity contribution is 6.42. The van der Waals surface area contributed by atoms with Crippen molar-refractivity contribution in [1.82, 2.24) is 5.43 Å². The van der Waals surface area contributed by atoms with Gasteiger partial charge in [0.2, 0.25) is 0 Å². The Hall–Kier alpha value is -2.76. The summed E-state index contributed by atoms with van der Waals surface area (Å²) in [5, 5.41) is 4.84. The fourth-order valence-corrected chi connectivity index (χ4v) is 2.61. The van der Waals surface area contributed by atoms with Crippen LogP contribution in [-0.4, -0.2) is 18.7 Å². The smallest absolute Gasteiger partial charge is 0.271 e. The molecule has 1 N–H and O–H groups in total. The predicted molar refractivity (Wildman–Crippen MR) is 107 cm³/mol. The van der Waals surface area contributed by atoms with E-state index in [1.165, 1.54) is 6.21 Å². The van der Waals surface area contributed by atoms with Gasteiger partial charge in [-0.25, -0.2) is 5.43 Å². The van der Waals surface area contributed by atoms with Crippen molar-refractivity contribution >= 4 is 35.3 Å². The van der Waals surface area contributed by atoms with Crippen LogP contribution in [0.15, 0.2) is 64.1 Å². The summed E-state index contributed by atoms with van der Waals surface area (Å²) in [7, 11) is 0. The van der Waals surface area contributed by atoms with Crippen molar-refractivity contribution in [1.29, 1.82) is 0 Å². The number of furan rings is 1. The Balaban J connectivity index is 1.62. The summed E-state index contributed by atoms with van der Waals surface area (Å²) in [6.07, 6.45) is 1.42. The van der Waals surface area contributed by atoms with Gasteiger partial charge in [-0.2, -0.15) is 5.10 Å².